The van der Waals surface area contributed by atoms with E-state index < -0.39 is 0 Å². The van der Waals surface area contributed by atoms with E-state index in [-0.39, 0.29) is 5.54 Å². The zero-order valence-electron chi connectivity index (χ0n) is 9.85. The van der Waals surface area contributed by atoms with Crippen molar-refractivity contribution in [2.75, 3.05) is 7.11 Å². The average molecular weight is 284 g/mol. The highest BCUT2D eigenvalue weighted by atomic mass is 79.9. The molecule has 1 aliphatic carbocycles. The lowest BCUT2D eigenvalue weighted by Gasteiger charge is -2.14. The van der Waals surface area contributed by atoms with Gasteiger partial charge >= 0.3 is 0 Å². The lowest BCUT2D eigenvalue weighted by Crippen LogP contribution is -2.22. The summed E-state index contributed by atoms with van der Waals surface area (Å²) >= 11 is 3.61. The Morgan fingerprint density at radius 1 is 1.44 bits per heavy atom. The molecule has 0 aromatic heterocycles. The second kappa shape index (κ2) is 4.38. The largest absolute Gasteiger partial charge is 0.496 e. The van der Waals surface area contributed by atoms with E-state index >= 15 is 0 Å². The van der Waals surface area contributed by atoms with E-state index in [0.29, 0.717) is 0 Å². The van der Waals surface area contributed by atoms with Gasteiger partial charge in [-0.2, -0.15) is 0 Å². The number of benzene rings is 1. The quantitative estimate of drug-likeness (QED) is 0.921. The van der Waals surface area contributed by atoms with Crippen molar-refractivity contribution in [3.63, 3.8) is 0 Å². The van der Waals surface area contributed by atoms with Crippen molar-refractivity contribution in [1.82, 2.24) is 0 Å². The standard InChI is InChI=1S/C13H18BrNO/c1-9-3-4-11(16-2)12(14)10(9)5-6-13(15)7-8-13/h3-4H,5-8,15H2,1-2H3. The molecule has 3 heteroatoms. The summed E-state index contributed by atoms with van der Waals surface area (Å²) in [5.74, 6) is 0.905. The van der Waals surface area contributed by atoms with Crippen LogP contribution in [0.2, 0.25) is 0 Å². The summed E-state index contributed by atoms with van der Waals surface area (Å²) in [5.41, 5.74) is 8.87. The molecule has 0 unspecified atom stereocenters. The van der Waals surface area contributed by atoms with E-state index in [0.717, 1.165) is 23.1 Å². The van der Waals surface area contributed by atoms with E-state index in [1.165, 1.54) is 24.0 Å². The average Bonchev–Trinajstić information content (AvgIpc) is 2.97. The fourth-order valence-electron chi connectivity index (χ4n) is 1.95. The number of aryl methyl sites for hydroxylation is 1. The van der Waals surface area contributed by atoms with Crippen LogP contribution in [0.15, 0.2) is 16.6 Å². The molecule has 1 aromatic rings. The van der Waals surface area contributed by atoms with Crippen molar-refractivity contribution in [2.45, 2.75) is 38.1 Å². The normalized spacial score (nSPS) is 17.2. The Balaban J connectivity index is 2.17. The zero-order chi connectivity index (χ0) is 11.8. The van der Waals surface area contributed by atoms with Crippen LogP contribution in [-0.4, -0.2) is 12.6 Å². The van der Waals surface area contributed by atoms with Gasteiger partial charge in [-0.05, 0) is 65.7 Å². The van der Waals surface area contributed by atoms with Gasteiger partial charge in [0.1, 0.15) is 5.75 Å². The first-order valence-electron chi connectivity index (χ1n) is 5.66. The van der Waals surface area contributed by atoms with Gasteiger partial charge in [0, 0.05) is 5.54 Å². The summed E-state index contributed by atoms with van der Waals surface area (Å²) < 4.78 is 6.39. The van der Waals surface area contributed by atoms with Crippen molar-refractivity contribution in [3.05, 3.63) is 27.7 Å². The molecule has 2 rings (SSSR count). The van der Waals surface area contributed by atoms with Crippen molar-refractivity contribution < 1.29 is 4.74 Å². The van der Waals surface area contributed by atoms with Crippen LogP contribution in [0.25, 0.3) is 0 Å². The van der Waals surface area contributed by atoms with E-state index in [2.05, 4.69) is 28.9 Å². The van der Waals surface area contributed by atoms with Gasteiger partial charge in [-0.25, -0.2) is 0 Å². The second-order valence-corrected chi connectivity index (χ2v) is 5.53. The maximum Gasteiger partial charge on any atom is 0.133 e. The number of hydrogen-bond acceptors (Lipinski definition) is 2. The Bertz CT molecular complexity index is 399. The molecule has 1 fully saturated rings. The predicted molar refractivity (Wildman–Crippen MR) is 69.9 cm³/mol. The number of halogens is 1. The Labute approximate surface area is 105 Å². The summed E-state index contributed by atoms with van der Waals surface area (Å²) in [5, 5.41) is 0. The molecule has 1 aromatic carbocycles. The van der Waals surface area contributed by atoms with E-state index in [1.807, 2.05) is 6.07 Å². The molecule has 1 aliphatic rings. The monoisotopic (exact) mass is 283 g/mol. The minimum Gasteiger partial charge on any atom is -0.496 e. The lowest BCUT2D eigenvalue weighted by atomic mass is 10.00. The summed E-state index contributed by atoms with van der Waals surface area (Å²) in [6, 6.07) is 4.10. The highest BCUT2D eigenvalue weighted by Crippen LogP contribution is 2.39. The van der Waals surface area contributed by atoms with Crippen LogP contribution in [0.5, 0.6) is 5.75 Å². The summed E-state index contributed by atoms with van der Waals surface area (Å²) in [7, 11) is 1.70. The van der Waals surface area contributed by atoms with Gasteiger partial charge in [0.25, 0.3) is 0 Å². The first kappa shape index (κ1) is 11.9. The van der Waals surface area contributed by atoms with Crippen LogP contribution >= 0.6 is 15.9 Å². The van der Waals surface area contributed by atoms with Crippen LogP contribution in [-0.2, 0) is 6.42 Å². The molecule has 2 nitrogen and oxygen atoms in total. The maximum atomic E-state index is 6.12. The smallest absolute Gasteiger partial charge is 0.133 e. The second-order valence-electron chi connectivity index (χ2n) is 4.74. The van der Waals surface area contributed by atoms with Crippen LogP contribution < -0.4 is 10.5 Å². The third-order valence-electron chi connectivity index (χ3n) is 3.43. The molecule has 2 N–H and O–H groups in total. The van der Waals surface area contributed by atoms with Gasteiger partial charge in [-0.3, -0.25) is 0 Å². The van der Waals surface area contributed by atoms with Crippen molar-refractivity contribution in [1.29, 1.82) is 0 Å². The topological polar surface area (TPSA) is 35.2 Å². The summed E-state index contributed by atoms with van der Waals surface area (Å²) in [6.07, 6.45) is 4.45. The van der Waals surface area contributed by atoms with E-state index in [1.54, 1.807) is 7.11 Å². The number of ether oxygens (including phenoxy) is 1. The molecule has 0 spiro atoms. The third-order valence-corrected chi connectivity index (χ3v) is 4.30. The molecule has 0 atom stereocenters. The first-order valence-corrected chi connectivity index (χ1v) is 6.46. The van der Waals surface area contributed by atoms with Gasteiger partial charge in [-0.15, -0.1) is 0 Å². The van der Waals surface area contributed by atoms with Gasteiger partial charge in [0.2, 0.25) is 0 Å². The van der Waals surface area contributed by atoms with Crippen LogP contribution in [0.3, 0.4) is 0 Å². The van der Waals surface area contributed by atoms with Gasteiger partial charge in [-0.1, -0.05) is 6.07 Å². The van der Waals surface area contributed by atoms with Crippen LogP contribution in [0.4, 0.5) is 0 Å². The molecule has 1 saturated carbocycles. The molecule has 0 aliphatic heterocycles. The van der Waals surface area contributed by atoms with Gasteiger partial charge in [0.15, 0.2) is 0 Å². The number of methoxy groups -OCH3 is 1. The summed E-state index contributed by atoms with van der Waals surface area (Å²) in [4.78, 5) is 0. The Morgan fingerprint density at radius 3 is 2.69 bits per heavy atom. The third kappa shape index (κ3) is 2.41. The minimum absolute atomic E-state index is 0.120. The van der Waals surface area contributed by atoms with E-state index in [9.17, 15) is 0 Å². The number of nitrogens with two attached hydrogens (primary N) is 1. The van der Waals surface area contributed by atoms with Crippen molar-refractivity contribution in [3.8, 4) is 5.75 Å². The molecular formula is C13H18BrNO. The Hall–Kier alpha value is -0.540. The molecule has 0 bridgehead atoms. The van der Waals surface area contributed by atoms with Crippen molar-refractivity contribution in [2.24, 2.45) is 5.73 Å². The highest BCUT2D eigenvalue weighted by molar-refractivity contribution is 9.10. The summed E-state index contributed by atoms with van der Waals surface area (Å²) in [6.45, 7) is 2.13. The molecule has 16 heavy (non-hydrogen) atoms. The fraction of sp³-hybridized carbons (Fsp3) is 0.538. The molecule has 0 heterocycles. The number of hydrogen-bond donors (Lipinski definition) is 1. The molecule has 88 valence electrons. The minimum atomic E-state index is 0.120. The van der Waals surface area contributed by atoms with Gasteiger partial charge < -0.3 is 10.5 Å². The lowest BCUT2D eigenvalue weighted by molar-refractivity contribution is 0.411. The Morgan fingerprint density at radius 2 is 2.12 bits per heavy atom. The van der Waals surface area contributed by atoms with Crippen molar-refractivity contribution >= 4 is 15.9 Å². The maximum absolute atomic E-state index is 6.12. The molecule has 0 radical (unpaired) electrons. The van der Waals surface area contributed by atoms with Gasteiger partial charge in [0.05, 0.1) is 11.6 Å². The predicted octanol–water partition coefficient (Wildman–Crippen LogP) is 3.19. The zero-order valence-corrected chi connectivity index (χ0v) is 11.4. The van der Waals surface area contributed by atoms with Crippen LogP contribution in [0, 0.1) is 6.92 Å². The highest BCUT2D eigenvalue weighted by Gasteiger charge is 2.37. The fourth-order valence-corrected chi connectivity index (χ4v) is 2.75. The molecule has 0 amide bonds. The number of rotatable bonds is 4. The van der Waals surface area contributed by atoms with E-state index in [4.69, 9.17) is 10.5 Å². The molecular weight excluding hydrogens is 266 g/mol. The molecule has 0 saturated heterocycles. The van der Waals surface area contributed by atoms with Crippen LogP contribution in [0.1, 0.15) is 30.4 Å². The first-order chi connectivity index (χ1) is 7.56. The SMILES string of the molecule is COc1ccc(C)c(CCC2(N)CC2)c1Br. The Kier molecular flexibility index (Phi) is 3.27.